The quantitative estimate of drug-likeness (QED) is 0.114. The van der Waals surface area contributed by atoms with Crippen LogP contribution in [0.25, 0.3) is 0 Å². The zero-order chi connectivity index (χ0) is 29.9. The summed E-state index contributed by atoms with van der Waals surface area (Å²) in [5.74, 6) is -2.01. The standard InChI is InChI=1S/C22H42N6O12/c23-6-1-7(24)19(40-22-16(33)14(27)15(32)12(5-29)38-22)17(34)18(6)39-21-9(26)2-10(30)11(37-21)4-28-13(31)3-8(25)20(35)36/h6-12,14-19,21-22,29-30,32-34H,1-5,23-27H2,(H,28,31)(H,35,36)/t6?,7?,8-,9?,10?,11?,12?,14?,15?,16?,17?,18?,19?,21?,22?/m0/s1. The van der Waals surface area contributed by atoms with Crippen LogP contribution in [-0.2, 0) is 28.5 Å². The van der Waals surface area contributed by atoms with Gasteiger partial charge in [0.1, 0.15) is 48.8 Å². The van der Waals surface area contributed by atoms with Crippen LogP contribution in [0, 0.1) is 0 Å². The number of carbonyl (C=O) groups is 2. The summed E-state index contributed by atoms with van der Waals surface area (Å²) in [6, 6.07) is -5.11. The number of ether oxygens (including phenoxy) is 4. The molecular weight excluding hydrogens is 540 g/mol. The Morgan fingerprint density at radius 1 is 0.850 bits per heavy atom. The van der Waals surface area contributed by atoms with Gasteiger partial charge >= 0.3 is 5.97 Å². The van der Waals surface area contributed by atoms with Gasteiger partial charge in [-0.2, -0.15) is 0 Å². The second-order valence-corrected chi connectivity index (χ2v) is 10.5. The van der Waals surface area contributed by atoms with Crippen LogP contribution in [-0.4, -0.2) is 147 Å². The van der Waals surface area contributed by atoms with Crippen LogP contribution in [0.5, 0.6) is 0 Å². The van der Waals surface area contributed by atoms with Gasteiger partial charge < -0.3 is 83.6 Å². The number of amides is 1. The molecule has 18 nitrogen and oxygen atoms in total. The van der Waals surface area contributed by atoms with Crippen molar-refractivity contribution in [1.82, 2.24) is 5.32 Å². The Balaban J connectivity index is 1.64. The van der Waals surface area contributed by atoms with Crippen LogP contribution in [0.4, 0.5) is 0 Å². The highest BCUT2D eigenvalue weighted by atomic mass is 16.7. The lowest BCUT2D eigenvalue weighted by atomic mass is 9.84. The van der Waals surface area contributed by atoms with Gasteiger partial charge in [-0.3, -0.25) is 9.59 Å². The van der Waals surface area contributed by atoms with Crippen LogP contribution < -0.4 is 34.0 Å². The van der Waals surface area contributed by atoms with Gasteiger partial charge in [-0.1, -0.05) is 0 Å². The molecular formula is C22H42N6O12. The van der Waals surface area contributed by atoms with E-state index in [0.29, 0.717) is 0 Å². The first kappa shape index (κ1) is 32.9. The van der Waals surface area contributed by atoms with Gasteiger partial charge in [0.25, 0.3) is 0 Å². The van der Waals surface area contributed by atoms with E-state index >= 15 is 0 Å². The number of nitrogens with one attached hydrogen (secondary N) is 1. The average Bonchev–Trinajstić information content (AvgIpc) is 2.89. The summed E-state index contributed by atoms with van der Waals surface area (Å²) in [5, 5.41) is 62.8. The fourth-order valence-corrected chi connectivity index (χ4v) is 4.97. The summed E-state index contributed by atoms with van der Waals surface area (Å²) in [4.78, 5) is 22.8. The minimum atomic E-state index is -1.51. The largest absolute Gasteiger partial charge is 0.480 e. The van der Waals surface area contributed by atoms with Gasteiger partial charge in [-0.05, 0) is 12.8 Å². The van der Waals surface area contributed by atoms with Crippen molar-refractivity contribution in [1.29, 1.82) is 0 Å². The van der Waals surface area contributed by atoms with Crippen molar-refractivity contribution in [3.63, 3.8) is 0 Å². The monoisotopic (exact) mass is 582 g/mol. The maximum atomic E-state index is 12.0. The van der Waals surface area contributed by atoms with Gasteiger partial charge in [0.05, 0.1) is 31.2 Å². The molecule has 1 aliphatic carbocycles. The minimum absolute atomic E-state index is 0.00219. The summed E-state index contributed by atoms with van der Waals surface area (Å²) in [5.41, 5.74) is 29.7. The topological polar surface area (TPSA) is 335 Å². The normalized spacial score (nSPS) is 45.0. The number of aliphatic hydroxyl groups is 5. The van der Waals surface area contributed by atoms with E-state index < -0.39 is 117 Å². The molecule has 40 heavy (non-hydrogen) atoms. The lowest BCUT2D eigenvalue weighted by molar-refractivity contribution is -0.315. The fourth-order valence-electron chi connectivity index (χ4n) is 4.97. The van der Waals surface area contributed by atoms with E-state index in [1.54, 1.807) is 0 Å². The number of aliphatic hydroxyl groups excluding tert-OH is 5. The second-order valence-electron chi connectivity index (χ2n) is 10.5. The third kappa shape index (κ3) is 7.61. The first-order chi connectivity index (χ1) is 18.7. The molecule has 18 heteroatoms. The molecule has 0 aromatic rings. The molecule has 2 aliphatic heterocycles. The number of hydrogen-bond acceptors (Lipinski definition) is 16. The van der Waals surface area contributed by atoms with Gasteiger partial charge in [-0.15, -0.1) is 0 Å². The van der Waals surface area contributed by atoms with Gasteiger partial charge in [0.2, 0.25) is 5.91 Å². The molecule has 0 bridgehead atoms. The molecule has 0 radical (unpaired) electrons. The van der Waals surface area contributed by atoms with Gasteiger partial charge in [0.15, 0.2) is 12.6 Å². The first-order valence-corrected chi connectivity index (χ1v) is 13.0. The lowest BCUT2D eigenvalue weighted by Crippen LogP contribution is -2.68. The third-order valence-corrected chi connectivity index (χ3v) is 7.41. The van der Waals surface area contributed by atoms with E-state index in [-0.39, 0.29) is 19.4 Å². The smallest absolute Gasteiger partial charge is 0.321 e. The molecule has 1 saturated carbocycles. The van der Waals surface area contributed by atoms with Crippen molar-refractivity contribution < 1.29 is 59.2 Å². The Kier molecular flexibility index (Phi) is 11.5. The predicted octanol–water partition coefficient (Wildman–Crippen LogP) is -7.34. The Morgan fingerprint density at radius 3 is 2.00 bits per heavy atom. The van der Waals surface area contributed by atoms with E-state index in [2.05, 4.69) is 5.32 Å². The molecule has 15 atom stereocenters. The molecule has 1 amide bonds. The fraction of sp³-hybridized carbons (Fsp3) is 0.909. The zero-order valence-electron chi connectivity index (χ0n) is 21.7. The highest BCUT2D eigenvalue weighted by Gasteiger charge is 2.50. The minimum Gasteiger partial charge on any atom is -0.480 e. The molecule has 232 valence electrons. The molecule has 3 rings (SSSR count). The molecule has 2 heterocycles. The van der Waals surface area contributed by atoms with E-state index in [9.17, 15) is 35.1 Å². The van der Waals surface area contributed by atoms with Gasteiger partial charge in [-0.25, -0.2) is 0 Å². The Labute approximate surface area is 229 Å². The maximum absolute atomic E-state index is 12.0. The molecule has 0 aromatic carbocycles. The predicted molar refractivity (Wildman–Crippen MR) is 133 cm³/mol. The van der Waals surface area contributed by atoms with E-state index in [1.807, 2.05) is 0 Å². The van der Waals surface area contributed by atoms with Crippen molar-refractivity contribution in [2.24, 2.45) is 28.7 Å². The van der Waals surface area contributed by atoms with E-state index in [0.717, 1.165) is 0 Å². The van der Waals surface area contributed by atoms with Crippen molar-refractivity contribution in [3.8, 4) is 0 Å². The van der Waals surface area contributed by atoms with Crippen molar-refractivity contribution in [3.05, 3.63) is 0 Å². The van der Waals surface area contributed by atoms with Crippen LogP contribution in [0.15, 0.2) is 0 Å². The van der Waals surface area contributed by atoms with Crippen LogP contribution in [0.3, 0.4) is 0 Å². The average molecular weight is 583 g/mol. The highest BCUT2D eigenvalue weighted by Crippen LogP contribution is 2.30. The SMILES string of the molecule is NC1CC(O)C(CNC(=O)C[C@H](N)C(=O)O)OC1OC1C(N)CC(N)C(OC2OC(CO)C(O)C(N)C2O)C1O. The molecule has 2 saturated heterocycles. The molecule has 0 spiro atoms. The number of carboxylic acids is 1. The molecule has 3 fully saturated rings. The van der Waals surface area contributed by atoms with Gasteiger partial charge in [0, 0.05) is 18.6 Å². The molecule has 17 N–H and O–H groups in total. The van der Waals surface area contributed by atoms with Crippen molar-refractivity contribution in [2.75, 3.05) is 13.2 Å². The van der Waals surface area contributed by atoms with Crippen LogP contribution in [0.2, 0.25) is 0 Å². The summed E-state index contributed by atoms with van der Waals surface area (Å²) in [7, 11) is 0. The zero-order valence-corrected chi connectivity index (χ0v) is 21.7. The molecule has 3 aliphatic rings. The summed E-state index contributed by atoms with van der Waals surface area (Å²) < 4.78 is 22.9. The Hall–Kier alpha value is -1.62. The number of hydrogen-bond donors (Lipinski definition) is 12. The Morgan fingerprint density at radius 2 is 1.43 bits per heavy atom. The number of carboxylic acid groups (broad SMARTS) is 1. The first-order valence-electron chi connectivity index (χ1n) is 13.0. The van der Waals surface area contributed by atoms with Crippen LogP contribution >= 0.6 is 0 Å². The third-order valence-electron chi connectivity index (χ3n) is 7.41. The molecule has 0 aromatic heterocycles. The summed E-state index contributed by atoms with van der Waals surface area (Å²) >= 11 is 0. The number of carbonyl (C=O) groups excluding carboxylic acids is 1. The van der Waals surface area contributed by atoms with E-state index in [1.165, 1.54) is 0 Å². The van der Waals surface area contributed by atoms with E-state index in [4.69, 9.17) is 52.7 Å². The number of aliphatic carboxylic acids is 1. The molecule has 14 unspecified atom stereocenters. The Bertz CT molecular complexity index is 859. The summed E-state index contributed by atoms with van der Waals surface area (Å²) in [6.45, 7) is -0.808. The summed E-state index contributed by atoms with van der Waals surface area (Å²) in [6.07, 6.45) is -12.9. The number of nitrogens with two attached hydrogens (primary N) is 5. The van der Waals surface area contributed by atoms with Crippen LogP contribution in [0.1, 0.15) is 19.3 Å². The van der Waals surface area contributed by atoms with Crippen molar-refractivity contribution >= 4 is 11.9 Å². The maximum Gasteiger partial charge on any atom is 0.321 e. The second kappa shape index (κ2) is 14.0. The van der Waals surface area contributed by atoms with Crippen molar-refractivity contribution in [2.45, 2.75) is 111 Å². The number of rotatable bonds is 10. The lowest BCUT2D eigenvalue weighted by Gasteiger charge is -2.47. The highest BCUT2D eigenvalue weighted by molar-refractivity contribution is 5.84.